The minimum Gasteiger partial charge on any atom is -0.466 e. The van der Waals surface area contributed by atoms with Crippen LogP contribution < -0.4 is 0 Å². The molecule has 0 bridgehead atoms. The van der Waals surface area contributed by atoms with Gasteiger partial charge in [-0.25, -0.2) is 0 Å². The average Bonchev–Trinajstić information content (AvgIpc) is 0.862. The van der Waals surface area contributed by atoms with Crippen molar-refractivity contribution in [3.8, 4) is 0 Å². The van der Waals surface area contributed by atoms with Crippen LogP contribution in [-0.2, 0) is 81.3 Å². The maximum absolute atomic E-state index is 13.2. The Morgan fingerprint density at radius 1 is 0.333 bits per heavy atom. The van der Waals surface area contributed by atoms with E-state index in [2.05, 4.69) is 102 Å². The fraction of sp³-hybridized carbons (Fsp3) is 0.814. The molecule has 20 nitrogen and oxygen atoms in total. The molecule has 2 aliphatic heterocycles. The van der Waals surface area contributed by atoms with Crippen molar-refractivity contribution < 1.29 is 72.1 Å². The summed E-state index contributed by atoms with van der Waals surface area (Å²) < 4.78 is 39.7. The maximum Gasteiger partial charge on any atom is 0.308 e. The fourth-order valence-electron chi connectivity index (χ4n) is 15.9. The summed E-state index contributed by atoms with van der Waals surface area (Å²) in [4.78, 5) is 89.2. The minimum absolute atomic E-state index is 0.0533. The number of esters is 6. The normalized spacial score (nSPS) is 14.7. The second-order valence-corrected chi connectivity index (χ2v) is 34.0. The van der Waals surface area contributed by atoms with Crippen molar-refractivity contribution in [3.05, 3.63) is 71.3 Å². The lowest BCUT2D eigenvalue weighted by molar-refractivity contribution is -0.150. The summed E-state index contributed by atoms with van der Waals surface area (Å²) in [5.41, 5.74) is 4.00. The molecule has 0 saturated carbocycles. The van der Waals surface area contributed by atoms with Gasteiger partial charge in [-0.15, -0.1) is 0 Å². The van der Waals surface area contributed by atoms with E-state index in [1.165, 1.54) is 93.7 Å². The number of rotatable bonds is 78. The molecule has 0 radical (unpaired) electrons. The van der Waals surface area contributed by atoms with Crippen molar-refractivity contribution in [1.29, 1.82) is 0 Å². The van der Waals surface area contributed by atoms with Gasteiger partial charge in [0.1, 0.15) is 0 Å². The van der Waals surface area contributed by atoms with Crippen molar-refractivity contribution in [2.75, 3.05) is 144 Å². The van der Waals surface area contributed by atoms with E-state index in [0.29, 0.717) is 111 Å². The molecule has 117 heavy (non-hydrogen) atoms. The fourth-order valence-corrected chi connectivity index (χ4v) is 15.9. The van der Waals surface area contributed by atoms with E-state index in [-0.39, 0.29) is 80.3 Å². The zero-order valence-corrected chi connectivity index (χ0v) is 74.6. The molecule has 20 heteroatoms. The molecule has 4 unspecified atom stereocenters. The summed E-state index contributed by atoms with van der Waals surface area (Å²) in [6.07, 6.45) is 45.2. The number of unbranched alkanes of at least 4 members (excludes halogenated alkanes) is 28. The number of ether oxygens (including phenoxy) is 7. The molecule has 4 atom stereocenters. The summed E-state index contributed by atoms with van der Waals surface area (Å²) in [5.74, 6) is -1.23. The zero-order valence-electron chi connectivity index (χ0n) is 74.6. The minimum atomic E-state index is -0.709. The van der Waals surface area contributed by atoms with E-state index in [1.54, 1.807) is 0 Å². The Bertz CT molecular complexity index is 2650. The van der Waals surface area contributed by atoms with Gasteiger partial charge in [-0.1, -0.05) is 249 Å². The SMILES string of the molecule is CCCCCCCCC(CCCCCC)C(=O)OCCCCOC(=O)CCN(CCC(=O)OCCCCOC(=O)C(CCCCCC)CCCCCCCC)CC(O)CN1CCN(Cc2ccc(CCCCCCCC(=O)OCCCCN(CCCCOC(=O)CCCCCCCc3ccccc3)CC(O)CN3CCOCC3)cc2)CC1. The lowest BCUT2D eigenvalue weighted by Gasteiger charge is -2.36. The molecule has 2 heterocycles. The number of aryl methyl sites for hydroxylation is 2. The van der Waals surface area contributed by atoms with Crippen LogP contribution in [0.5, 0.6) is 0 Å². The number of carbonyl (C=O) groups is 6. The van der Waals surface area contributed by atoms with Gasteiger partial charge in [0, 0.05) is 97.9 Å². The second kappa shape index (κ2) is 72.6. The summed E-state index contributed by atoms with van der Waals surface area (Å²) in [6.45, 7) is 22.2. The van der Waals surface area contributed by atoms with Crippen molar-refractivity contribution in [1.82, 2.24) is 24.5 Å². The number of morpholine rings is 1. The lowest BCUT2D eigenvalue weighted by Crippen LogP contribution is -2.49. The Kier molecular flexibility index (Phi) is 64.7. The highest BCUT2D eigenvalue weighted by Gasteiger charge is 2.25. The average molecular weight is 1650 g/mol. The molecule has 0 spiro atoms. The largest absolute Gasteiger partial charge is 0.466 e. The number of aliphatic hydroxyl groups excluding tert-OH is 2. The molecule has 0 aromatic heterocycles. The van der Waals surface area contributed by atoms with Crippen LogP contribution in [0.3, 0.4) is 0 Å². The first-order valence-corrected chi connectivity index (χ1v) is 47.9. The van der Waals surface area contributed by atoms with Crippen molar-refractivity contribution in [2.24, 2.45) is 11.8 Å². The van der Waals surface area contributed by atoms with E-state index in [0.717, 1.165) is 239 Å². The summed E-state index contributed by atoms with van der Waals surface area (Å²) >= 11 is 0. The van der Waals surface area contributed by atoms with Crippen LogP contribution >= 0.6 is 0 Å². The van der Waals surface area contributed by atoms with E-state index >= 15 is 0 Å². The van der Waals surface area contributed by atoms with Crippen LogP contribution in [0.15, 0.2) is 54.6 Å². The number of hydrogen-bond acceptors (Lipinski definition) is 20. The Hall–Kier alpha value is -5.06. The number of piperazine rings is 1. The number of carbonyl (C=O) groups excluding carboxylic acids is 6. The Morgan fingerprint density at radius 3 is 1.07 bits per heavy atom. The molecule has 4 rings (SSSR count). The Labute approximate surface area is 711 Å². The topological polar surface area (TPSA) is 224 Å². The van der Waals surface area contributed by atoms with Crippen LogP contribution in [0, 0.1) is 11.8 Å². The molecule has 2 aromatic carbocycles. The third-order valence-corrected chi connectivity index (χ3v) is 23.3. The van der Waals surface area contributed by atoms with Crippen LogP contribution in [0.1, 0.15) is 340 Å². The van der Waals surface area contributed by atoms with Gasteiger partial charge in [0.15, 0.2) is 0 Å². The van der Waals surface area contributed by atoms with Gasteiger partial charge < -0.3 is 48.3 Å². The van der Waals surface area contributed by atoms with Gasteiger partial charge >= 0.3 is 35.8 Å². The predicted molar refractivity (Wildman–Crippen MR) is 472 cm³/mol. The monoisotopic (exact) mass is 1640 g/mol. The number of hydrogen-bond donors (Lipinski definition) is 2. The smallest absolute Gasteiger partial charge is 0.308 e. The summed E-state index contributed by atoms with van der Waals surface area (Å²) in [5, 5.41) is 22.7. The Balaban J connectivity index is 1.11. The molecule has 2 fully saturated rings. The van der Waals surface area contributed by atoms with Gasteiger partial charge in [-0.3, -0.25) is 48.4 Å². The van der Waals surface area contributed by atoms with Crippen LogP contribution in [0.25, 0.3) is 0 Å². The number of β-amino-alcohol motifs (C(OH)–C–C–N with tert-alkyl or cyclic N) is 2. The molecule has 0 aliphatic carbocycles. The third-order valence-electron chi connectivity index (χ3n) is 23.3. The van der Waals surface area contributed by atoms with Gasteiger partial charge in [0.05, 0.1) is 89.7 Å². The molecular weight excluding hydrogens is 1480 g/mol. The molecular formula is C97H169N5O15. The number of aliphatic hydroxyl groups is 2. The molecule has 2 aliphatic rings. The van der Waals surface area contributed by atoms with Crippen molar-refractivity contribution in [3.63, 3.8) is 0 Å². The zero-order chi connectivity index (χ0) is 83.9. The quantitative estimate of drug-likeness (QED) is 0.0357. The van der Waals surface area contributed by atoms with E-state index < -0.39 is 12.2 Å². The van der Waals surface area contributed by atoms with Gasteiger partial charge in [-0.05, 0) is 145 Å². The first-order chi connectivity index (χ1) is 57.3. The van der Waals surface area contributed by atoms with E-state index in [1.807, 2.05) is 4.90 Å². The molecule has 0 amide bonds. The number of nitrogens with zero attached hydrogens (tertiary/aromatic N) is 5. The Morgan fingerprint density at radius 2 is 0.650 bits per heavy atom. The lowest BCUT2D eigenvalue weighted by atomic mass is 9.94. The number of benzene rings is 2. The van der Waals surface area contributed by atoms with E-state index in [9.17, 15) is 39.0 Å². The van der Waals surface area contributed by atoms with Gasteiger partial charge in [0.25, 0.3) is 0 Å². The van der Waals surface area contributed by atoms with Crippen LogP contribution in [0.4, 0.5) is 0 Å². The summed E-state index contributed by atoms with van der Waals surface area (Å²) in [7, 11) is 0. The highest BCUT2D eigenvalue weighted by molar-refractivity contribution is 5.73. The first kappa shape index (κ1) is 104. The molecule has 2 aromatic rings. The molecule has 2 saturated heterocycles. The van der Waals surface area contributed by atoms with Crippen LogP contribution in [-0.4, -0.2) is 227 Å². The maximum atomic E-state index is 13.2. The standard InChI is InChI=1S/C97H169N5O15/c1-5-9-13-17-23-34-52-88(50-32-15-11-7-3)96(109)116-76-44-42-74-114-94(107)60-64-99(65-61-95(108)115-75-43-45-77-117-97(110)89(51-33-16-12-8-4)53-35-24-18-14-10-6-2)82-91(104)83-101-68-66-100(67-69-101)80-87-58-56-86(57-59-87)49-29-22-20-26-37-55-93(106)113-73-41-39-63-98(81-90(103)84-102-70-78-111-79-71-102)62-38-40-72-112-92(105)54-36-25-19-21-28-46-85-47-30-27-31-48-85/h27,30-31,47-48,56-59,88-91,103-104H,5-26,28-29,32-46,49-55,60-84H2,1-4H3. The first-order valence-electron chi connectivity index (χ1n) is 47.9. The van der Waals surface area contributed by atoms with E-state index in [4.69, 9.17) is 33.2 Å². The predicted octanol–water partition coefficient (Wildman–Crippen LogP) is 18.8. The van der Waals surface area contributed by atoms with Gasteiger partial charge in [0.2, 0.25) is 0 Å². The van der Waals surface area contributed by atoms with Gasteiger partial charge in [-0.2, -0.15) is 0 Å². The second-order valence-electron chi connectivity index (χ2n) is 34.0. The molecule has 2 N–H and O–H groups in total. The third kappa shape index (κ3) is 57.8. The summed E-state index contributed by atoms with van der Waals surface area (Å²) in [6, 6.07) is 19.6. The van der Waals surface area contributed by atoms with Crippen molar-refractivity contribution in [2.45, 2.75) is 355 Å². The van der Waals surface area contributed by atoms with Crippen molar-refractivity contribution >= 4 is 35.8 Å². The highest BCUT2D eigenvalue weighted by atomic mass is 16.6. The highest BCUT2D eigenvalue weighted by Crippen LogP contribution is 2.24. The van der Waals surface area contributed by atoms with Crippen LogP contribution in [0.2, 0.25) is 0 Å². The molecule has 672 valence electrons.